The molecule has 50 heavy (non-hydrogen) atoms. The van der Waals surface area contributed by atoms with Gasteiger partial charge in [0.25, 0.3) is 0 Å². The molecule has 0 bridgehead atoms. The van der Waals surface area contributed by atoms with E-state index < -0.39 is 0 Å². The van der Waals surface area contributed by atoms with Gasteiger partial charge in [-0.15, -0.1) is 0 Å². The maximum Gasteiger partial charge on any atom is 0.0625 e. The highest BCUT2D eigenvalue weighted by molar-refractivity contribution is 7.99. The van der Waals surface area contributed by atoms with Gasteiger partial charge in [-0.1, -0.05) is 151 Å². The second-order valence-corrected chi connectivity index (χ2v) is 14.3. The van der Waals surface area contributed by atoms with E-state index in [9.17, 15) is 0 Å². The molecule has 10 aromatic rings. The molecule has 0 fully saturated rings. The minimum absolute atomic E-state index is 1.17. The van der Waals surface area contributed by atoms with Crippen LogP contribution in [0.2, 0.25) is 0 Å². The van der Waals surface area contributed by atoms with Gasteiger partial charge in [0, 0.05) is 42.4 Å². The summed E-state index contributed by atoms with van der Waals surface area (Å²) in [4.78, 5) is 2.64. The first-order chi connectivity index (χ1) is 24.8. The zero-order chi connectivity index (χ0) is 32.8. The Balaban J connectivity index is 1.24. The Kier molecular flexibility index (Phi) is 5.96. The van der Waals surface area contributed by atoms with Crippen molar-refractivity contribution in [2.45, 2.75) is 9.79 Å². The Morgan fingerprint density at radius 2 is 1.02 bits per heavy atom. The van der Waals surface area contributed by atoms with Gasteiger partial charge in [0.05, 0.1) is 11.0 Å². The van der Waals surface area contributed by atoms with Crippen LogP contribution in [0.4, 0.5) is 0 Å². The van der Waals surface area contributed by atoms with Crippen LogP contribution in [0, 0.1) is 0 Å². The summed E-state index contributed by atoms with van der Waals surface area (Å²) in [6, 6.07) is 65.0. The molecule has 9 aromatic carbocycles. The number of benzene rings is 9. The van der Waals surface area contributed by atoms with Gasteiger partial charge in [-0.05, 0) is 85.9 Å². The van der Waals surface area contributed by atoms with Crippen LogP contribution >= 0.6 is 11.8 Å². The number of rotatable bonds is 3. The van der Waals surface area contributed by atoms with Crippen molar-refractivity contribution in [3.05, 3.63) is 176 Å². The van der Waals surface area contributed by atoms with Crippen LogP contribution in [0.3, 0.4) is 0 Å². The highest BCUT2D eigenvalue weighted by atomic mass is 32.2. The topological polar surface area (TPSA) is 4.93 Å². The molecule has 1 nitrogen and oxygen atoms in total. The van der Waals surface area contributed by atoms with Crippen LogP contribution in [-0.4, -0.2) is 4.57 Å². The standard InChI is InChI=1S/C48H29NS/c1-2-16-34(17-3-1)49-47-36-19-6-4-12-30(36)24-26-40(47)46-42(29-32-13-5-7-20-37(32)48(46)49)38-21-9-8-18-35(38)33-25-27-43-41(28-33)39-22-10-14-31-15-11-23-44(50-43)45(31)39/h1-29H. The summed E-state index contributed by atoms with van der Waals surface area (Å²) in [5, 5.41) is 10.2. The third kappa shape index (κ3) is 3.97. The van der Waals surface area contributed by atoms with Crippen molar-refractivity contribution in [3.8, 4) is 39.1 Å². The SMILES string of the molecule is c1ccc(-n2c3c4ccccc4ccc3c3c(-c4ccccc4-c4ccc5c(c4)-c4cccc6cccc(c46)S5)cc4ccccc4c32)cc1. The number of aromatic nitrogens is 1. The first kappa shape index (κ1) is 27.8. The van der Waals surface area contributed by atoms with Crippen LogP contribution in [0.5, 0.6) is 0 Å². The van der Waals surface area contributed by atoms with E-state index in [-0.39, 0.29) is 0 Å². The zero-order valence-electron chi connectivity index (χ0n) is 27.1. The van der Waals surface area contributed by atoms with E-state index in [0.717, 1.165) is 0 Å². The minimum atomic E-state index is 1.17. The average molecular weight is 652 g/mol. The molecule has 0 amide bonds. The van der Waals surface area contributed by atoms with Gasteiger partial charge in [0.1, 0.15) is 0 Å². The lowest BCUT2D eigenvalue weighted by molar-refractivity contribution is 1.19. The second-order valence-electron chi connectivity index (χ2n) is 13.2. The summed E-state index contributed by atoms with van der Waals surface area (Å²) < 4.78 is 2.51. The number of nitrogens with zero attached hydrogens (tertiary/aromatic N) is 1. The molecule has 0 saturated carbocycles. The quantitative estimate of drug-likeness (QED) is 0.184. The van der Waals surface area contributed by atoms with Gasteiger partial charge in [-0.25, -0.2) is 0 Å². The number of hydrogen-bond acceptors (Lipinski definition) is 1. The van der Waals surface area contributed by atoms with Crippen molar-refractivity contribution >= 4 is 65.9 Å². The third-order valence-corrected chi connectivity index (χ3v) is 11.7. The third-order valence-electron chi connectivity index (χ3n) is 10.5. The van der Waals surface area contributed by atoms with Crippen molar-refractivity contribution in [2.75, 3.05) is 0 Å². The number of para-hydroxylation sites is 1. The second kappa shape index (κ2) is 10.7. The van der Waals surface area contributed by atoms with E-state index in [0.29, 0.717) is 0 Å². The Hall–Kier alpha value is -6.09. The van der Waals surface area contributed by atoms with Gasteiger partial charge in [0.15, 0.2) is 0 Å². The van der Waals surface area contributed by atoms with Crippen LogP contribution in [0.1, 0.15) is 0 Å². The van der Waals surface area contributed by atoms with E-state index in [1.165, 1.54) is 103 Å². The van der Waals surface area contributed by atoms with E-state index in [1.807, 2.05) is 11.8 Å². The minimum Gasteiger partial charge on any atom is -0.308 e. The van der Waals surface area contributed by atoms with Crippen LogP contribution in [0.15, 0.2) is 186 Å². The Morgan fingerprint density at radius 1 is 0.340 bits per heavy atom. The molecule has 1 aromatic heterocycles. The molecular weight excluding hydrogens is 623 g/mol. The van der Waals surface area contributed by atoms with E-state index >= 15 is 0 Å². The summed E-state index contributed by atoms with van der Waals surface area (Å²) in [6.45, 7) is 0. The summed E-state index contributed by atoms with van der Waals surface area (Å²) in [5.74, 6) is 0. The molecular formula is C48H29NS. The lowest BCUT2D eigenvalue weighted by Crippen LogP contribution is -1.96. The molecule has 232 valence electrons. The summed E-state index contributed by atoms with van der Waals surface area (Å²) in [5.41, 5.74) is 11.3. The monoisotopic (exact) mass is 651 g/mol. The molecule has 0 atom stereocenters. The predicted molar refractivity (Wildman–Crippen MR) is 214 cm³/mol. The molecule has 0 unspecified atom stereocenters. The largest absolute Gasteiger partial charge is 0.308 e. The average Bonchev–Trinajstić information content (AvgIpc) is 3.54. The Bertz CT molecular complexity index is 3000. The van der Waals surface area contributed by atoms with Crippen molar-refractivity contribution in [1.29, 1.82) is 0 Å². The van der Waals surface area contributed by atoms with E-state index in [1.54, 1.807) is 0 Å². The van der Waals surface area contributed by atoms with E-state index in [4.69, 9.17) is 0 Å². The molecule has 2 heteroatoms. The molecule has 0 spiro atoms. The van der Waals surface area contributed by atoms with Crippen LogP contribution in [-0.2, 0) is 0 Å². The molecule has 0 aliphatic carbocycles. The summed E-state index contributed by atoms with van der Waals surface area (Å²) in [6.07, 6.45) is 0. The van der Waals surface area contributed by atoms with Gasteiger partial charge >= 0.3 is 0 Å². The van der Waals surface area contributed by atoms with Crippen molar-refractivity contribution in [2.24, 2.45) is 0 Å². The zero-order valence-corrected chi connectivity index (χ0v) is 27.9. The fourth-order valence-corrected chi connectivity index (χ4v) is 9.52. The van der Waals surface area contributed by atoms with E-state index in [2.05, 4.69) is 180 Å². The lowest BCUT2D eigenvalue weighted by Gasteiger charge is -2.21. The maximum absolute atomic E-state index is 2.51. The first-order valence-corrected chi connectivity index (χ1v) is 18.0. The molecule has 1 aliphatic heterocycles. The summed E-state index contributed by atoms with van der Waals surface area (Å²) in [7, 11) is 0. The predicted octanol–water partition coefficient (Wildman–Crippen LogP) is 13.7. The first-order valence-electron chi connectivity index (χ1n) is 17.2. The molecule has 0 saturated heterocycles. The van der Waals surface area contributed by atoms with Crippen molar-refractivity contribution < 1.29 is 0 Å². The highest BCUT2D eigenvalue weighted by Crippen LogP contribution is 2.50. The summed E-state index contributed by atoms with van der Waals surface area (Å²) >= 11 is 1.88. The molecule has 0 N–H and O–H groups in total. The molecule has 1 aliphatic rings. The Morgan fingerprint density at radius 3 is 1.88 bits per heavy atom. The highest BCUT2D eigenvalue weighted by Gasteiger charge is 2.24. The van der Waals surface area contributed by atoms with Gasteiger partial charge < -0.3 is 4.57 Å². The van der Waals surface area contributed by atoms with Crippen molar-refractivity contribution in [3.63, 3.8) is 0 Å². The van der Waals surface area contributed by atoms with Gasteiger partial charge in [-0.3, -0.25) is 0 Å². The van der Waals surface area contributed by atoms with Gasteiger partial charge in [0.2, 0.25) is 0 Å². The van der Waals surface area contributed by atoms with Crippen molar-refractivity contribution in [1.82, 2.24) is 4.57 Å². The fourth-order valence-electron chi connectivity index (χ4n) is 8.39. The molecule has 11 rings (SSSR count). The number of fused-ring (bicyclic) bond motifs is 9. The van der Waals surface area contributed by atoms with Gasteiger partial charge in [-0.2, -0.15) is 0 Å². The van der Waals surface area contributed by atoms with Crippen LogP contribution < -0.4 is 0 Å². The molecule has 2 heterocycles. The normalized spacial score (nSPS) is 12.3. The van der Waals surface area contributed by atoms with Crippen LogP contribution in [0.25, 0.3) is 93.2 Å². The maximum atomic E-state index is 2.51. The number of hydrogen-bond donors (Lipinski definition) is 0. The fraction of sp³-hybridized carbons (Fsp3) is 0. The Labute approximate surface area is 294 Å². The smallest absolute Gasteiger partial charge is 0.0625 e. The lowest BCUT2D eigenvalue weighted by atomic mass is 9.88. The molecule has 0 radical (unpaired) electrons.